The van der Waals surface area contributed by atoms with Crippen LogP contribution in [0, 0.1) is 10.1 Å². The molecule has 2 saturated heterocycles. The molecule has 2 heterocycles. The summed E-state index contributed by atoms with van der Waals surface area (Å²) >= 11 is 5.88. The van der Waals surface area contributed by atoms with E-state index < -0.39 is 21.0 Å². The largest absolute Gasteiger partial charge is 0.289 e. The van der Waals surface area contributed by atoms with Gasteiger partial charge in [-0.05, 0) is 23.8 Å². The van der Waals surface area contributed by atoms with Crippen molar-refractivity contribution in [3.63, 3.8) is 0 Å². The normalized spacial score (nSPS) is 20.4. The molecule has 0 aromatic heterocycles. The van der Waals surface area contributed by atoms with E-state index in [1.54, 1.807) is 24.3 Å². The maximum Gasteiger partial charge on any atom is 0.270 e. The van der Waals surface area contributed by atoms with Crippen LogP contribution >= 0.6 is 11.6 Å². The molecule has 0 radical (unpaired) electrons. The van der Waals surface area contributed by atoms with E-state index in [9.17, 15) is 28.1 Å². The highest BCUT2D eigenvalue weighted by Gasteiger charge is 2.43. The van der Waals surface area contributed by atoms with Gasteiger partial charge in [0.2, 0.25) is 21.8 Å². The minimum atomic E-state index is -3.92. The second-order valence-electron chi connectivity index (χ2n) is 7.86. The standard InChI is InChI=1S/C21H21ClN4O6S/c22-16-6-4-15(5-7-16)14-25-20(27)13-19(21(25)28)23-8-10-24(11-9-23)33(31,32)18-3-1-2-17(12-18)26(29)30/h1-7,12,19H,8-11,13-14H2/t19-/m0/s1. The number of carbonyl (C=O) groups excluding carboxylic acids is 2. The van der Waals surface area contributed by atoms with Crippen LogP contribution < -0.4 is 0 Å². The summed E-state index contributed by atoms with van der Waals surface area (Å²) in [5, 5.41) is 11.5. The van der Waals surface area contributed by atoms with Crippen LogP contribution in [0.5, 0.6) is 0 Å². The minimum Gasteiger partial charge on any atom is -0.289 e. The molecule has 2 aliphatic heterocycles. The number of benzene rings is 2. The van der Waals surface area contributed by atoms with E-state index >= 15 is 0 Å². The van der Waals surface area contributed by atoms with Gasteiger partial charge in [-0.15, -0.1) is 0 Å². The lowest BCUT2D eigenvalue weighted by atomic mass is 10.2. The predicted molar refractivity (Wildman–Crippen MR) is 119 cm³/mol. The highest BCUT2D eigenvalue weighted by atomic mass is 35.5. The lowest BCUT2D eigenvalue weighted by Crippen LogP contribution is -2.53. The number of hydrogen-bond acceptors (Lipinski definition) is 7. The van der Waals surface area contributed by atoms with Crippen LogP contribution in [0.25, 0.3) is 0 Å². The molecule has 174 valence electrons. The molecule has 0 spiro atoms. The molecule has 2 aromatic carbocycles. The number of imide groups is 1. The van der Waals surface area contributed by atoms with E-state index in [1.165, 1.54) is 27.4 Å². The van der Waals surface area contributed by atoms with Crippen LogP contribution in [0.3, 0.4) is 0 Å². The summed E-state index contributed by atoms with van der Waals surface area (Å²) in [6.45, 7) is 0.923. The Labute approximate surface area is 195 Å². The third-order valence-corrected chi connectivity index (χ3v) is 8.00. The average molecular weight is 493 g/mol. The van der Waals surface area contributed by atoms with E-state index in [0.717, 1.165) is 11.6 Å². The molecule has 0 unspecified atom stereocenters. The third kappa shape index (κ3) is 4.76. The number of sulfonamides is 1. The smallest absolute Gasteiger partial charge is 0.270 e. The second kappa shape index (κ2) is 9.18. The summed E-state index contributed by atoms with van der Waals surface area (Å²) in [4.78, 5) is 38.7. The molecule has 33 heavy (non-hydrogen) atoms. The first-order chi connectivity index (χ1) is 15.7. The molecule has 2 amide bonds. The van der Waals surface area contributed by atoms with Crippen LogP contribution in [0.2, 0.25) is 5.02 Å². The first kappa shape index (κ1) is 23.3. The van der Waals surface area contributed by atoms with Crippen LogP contribution in [0.15, 0.2) is 53.4 Å². The maximum absolute atomic E-state index is 12.9. The van der Waals surface area contributed by atoms with Crippen molar-refractivity contribution in [2.75, 3.05) is 26.2 Å². The predicted octanol–water partition coefficient (Wildman–Crippen LogP) is 1.88. The fraction of sp³-hybridized carbons (Fsp3) is 0.333. The summed E-state index contributed by atoms with van der Waals surface area (Å²) < 4.78 is 27.1. The molecule has 2 aromatic rings. The fourth-order valence-corrected chi connectivity index (χ4v) is 5.64. The molecule has 12 heteroatoms. The van der Waals surface area contributed by atoms with Gasteiger partial charge < -0.3 is 0 Å². The van der Waals surface area contributed by atoms with Gasteiger partial charge in [0, 0.05) is 43.3 Å². The van der Waals surface area contributed by atoms with Crippen molar-refractivity contribution in [1.82, 2.24) is 14.1 Å². The zero-order valence-electron chi connectivity index (χ0n) is 17.5. The number of rotatable bonds is 6. The van der Waals surface area contributed by atoms with E-state index in [2.05, 4.69) is 0 Å². The number of likely N-dealkylation sites (tertiary alicyclic amines) is 1. The van der Waals surface area contributed by atoms with Gasteiger partial charge in [-0.25, -0.2) is 8.42 Å². The molecule has 0 N–H and O–H groups in total. The number of nitrogens with zero attached hydrogens (tertiary/aromatic N) is 4. The lowest BCUT2D eigenvalue weighted by Gasteiger charge is -2.36. The number of nitro groups is 1. The summed E-state index contributed by atoms with van der Waals surface area (Å²) in [6, 6.07) is 11.2. The SMILES string of the molecule is O=C1C[C@H](N2CCN(S(=O)(=O)c3cccc([N+](=O)[O-])c3)CC2)C(=O)N1Cc1ccc(Cl)cc1. The number of halogens is 1. The second-order valence-corrected chi connectivity index (χ2v) is 10.2. The van der Waals surface area contributed by atoms with Gasteiger partial charge in [0.05, 0.1) is 28.8 Å². The summed E-state index contributed by atoms with van der Waals surface area (Å²) in [5.74, 6) is -0.573. The molecule has 0 saturated carbocycles. The molecule has 0 aliphatic carbocycles. The summed E-state index contributed by atoms with van der Waals surface area (Å²) in [7, 11) is -3.92. The third-order valence-electron chi connectivity index (χ3n) is 5.85. The number of amides is 2. The van der Waals surface area contributed by atoms with E-state index in [1.807, 2.05) is 4.90 Å². The van der Waals surface area contributed by atoms with E-state index in [4.69, 9.17) is 11.6 Å². The monoisotopic (exact) mass is 492 g/mol. The first-order valence-corrected chi connectivity index (χ1v) is 12.1. The van der Waals surface area contributed by atoms with Gasteiger partial charge in [-0.1, -0.05) is 29.8 Å². The van der Waals surface area contributed by atoms with Crippen molar-refractivity contribution >= 4 is 39.1 Å². The highest BCUT2D eigenvalue weighted by Crippen LogP contribution is 2.26. The maximum atomic E-state index is 12.9. The number of hydrogen-bond donors (Lipinski definition) is 0. The van der Waals surface area contributed by atoms with E-state index in [0.29, 0.717) is 5.02 Å². The molecule has 0 bridgehead atoms. The fourth-order valence-electron chi connectivity index (χ4n) is 4.05. The quantitative estimate of drug-likeness (QED) is 0.343. The van der Waals surface area contributed by atoms with Gasteiger partial charge in [0.1, 0.15) is 0 Å². The van der Waals surface area contributed by atoms with Crippen LogP contribution in [0.1, 0.15) is 12.0 Å². The highest BCUT2D eigenvalue weighted by molar-refractivity contribution is 7.89. The van der Waals surface area contributed by atoms with Crippen molar-refractivity contribution in [2.24, 2.45) is 0 Å². The first-order valence-electron chi connectivity index (χ1n) is 10.2. The zero-order chi connectivity index (χ0) is 23.8. The van der Waals surface area contributed by atoms with Crippen LogP contribution in [-0.2, 0) is 26.2 Å². The molecular formula is C21H21ClN4O6S. The van der Waals surface area contributed by atoms with Gasteiger partial charge in [-0.3, -0.25) is 29.5 Å². The number of non-ortho nitro benzene ring substituents is 1. The molecule has 10 nitrogen and oxygen atoms in total. The topological polar surface area (TPSA) is 121 Å². The number of nitro benzene ring substituents is 1. The Morgan fingerprint density at radius 2 is 1.70 bits per heavy atom. The molecule has 2 fully saturated rings. The van der Waals surface area contributed by atoms with Crippen LogP contribution in [0.4, 0.5) is 5.69 Å². The minimum absolute atomic E-state index is 0.0457. The Hall–Kier alpha value is -2.86. The Morgan fingerprint density at radius 1 is 1.03 bits per heavy atom. The average Bonchev–Trinajstić information content (AvgIpc) is 3.09. The van der Waals surface area contributed by atoms with Crippen molar-refractivity contribution < 1.29 is 22.9 Å². The summed E-state index contributed by atoms with van der Waals surface area (Å²) in [6.07, 6.45) is 0.0457. The lowest BCUT2D eigenvalue weighted by molar-refractivity contribution is -0.385. The Morgan fingerprint density at radius 3 is 2.33 bits per heavy atom. The van der Waals surface area contributed by atoms with Crippen molar-refractivity contribution in [1.29, 1.82) is 0 Å². The Balaban J connectivity index is 1.41. The molecule has 4 rings (SSSR count). The van der Waals surface area contributed by atoms with Crippen molar-refractivity contribution in [3.05, 3.63) is 69.2 Å². The van der Waals surface area contributed by atoms with Gasteiger partial charge in [0.25, 0.3) is 5.69 Å². The molecule has 1 atom stereocenters. The van der Waals surface area contributed by atoms with Gasteiger partial charge >= 0.3 is 0 Å². The summed E-state index contributed by atoms with van der Waals surface area (Å²) in [5.41, 5.74) is 0.486. The van der Waals surface area contributed by atoms with Crippen molar-refractivity contribution in [3.8, 4) is 0 Å². The van der Waals surface area contributed by atoms with Gasteiger partial charge in [0.15, 0.2) is 0 Å². The van der Waals surface area contributed by atoms with E-state index in [-0.39, 0.29) is 61.5 Å². The van der Waals surface area contributed by atoms with Crippen molar-refractivity contribution in [2.45, 2.75) is 23.9 Å². The number of carbonyl (C=O) groups is 2. The zero-order valence-corrected chi connectivity index (χ0v) is 19.0. The van der Waals surface area contributed by atoms with Gasteiger partial charge in [-0.2, -0.15) is 4.31 Å². The Kier molecular flexibility index (Phi) is 6.48. The Bertz CT molecular complexity index is 1200. The molecular weight excluding hydrogens is 472 g/mol. The molecule has 2 aliphatic rings. The van der Waals surface area contributed by atoms with Crippen LogP contribution in [-0.4, -0.2) is 71.5 Å². The number of piperazine rings is 1.